The molecule has 0 radical (unpaired) electrons. The molecule has 3 atom stereocenters. The number of imidazole rings is 1. The van der Waals surface area contributed by atoms with Crippen LogP contribution in [0.4, 0.5) is 17.1 Å². The minimum absolute atomic E-state index is 0.190. The van der Waals surface area contributed by atoms with Crippen molar-refractivity contribution in [2.75, 3.05) is 29.2 Å². The maximum absolute atomic E-state index is 13.5. The molecule has 592 valence electrons. The Bertz CT molecular complexity index is 4850. The van der Waals surface area contributed by atoms with Crippen molar-refractivity contribution < 1.29 is 52.5 Å². The Hall–Kier alpha value is -10.2. The van der Waals surface area contributed by atoms with Crippen LogP contribution in [-0.4, -0.2) is 110 Å². The van der Waals surface area contributed by atoms with Crippen LogP contribution in [0, 0.1) is 51.4 Å². The first kappa shape index (κ1) is 88.0. The molecule has 0 aliphatic heterocycles. The molecule has 0 saturated heterocycles. The lowest BCUT2D eigenvalue weighted by molar-refractivity contribution is -0.153. The maximum Gasteiger partial charge on any atom is 0.347 e. The highest BCUT2D eigenvalue weighted by atomic mass is 35.5. The van der Waals surface area contributed by atoms with Gasteiger partial charge in [-0.05, 0) is 154 Å². The number of ketones is 2. The van der Waals surface area contributed by atoms with Gasteiger partial charge in [0.2, 0.25) is 11.8 Å². The Morgan fingerprint density at radius 2 is 1.11 bits per heavy atom. The Labute approximate surface area is 664 Å². The molecule has 0 spiro atoms. The van der Waals surface area contributed by atoms with E-state index in [2.05, 4.69) is 69.6 Å². The summed E-state index contributed by atoms with van der Waals surface area (Å²) in [5.41, 5.74) is 9.72. The average Bonchev–Trinajstić information content (AvgIpc) is 1.66. The Kier molecular flexibility index (Phi) is 33.1. The van der Waals surface area contributed by atoms with Gasteiger partial charge in [-0.1, -0.05) is 209 Å². The molecule has 10 rings (SSSR count). The molecular formula is C84H104Cl3N13O11. The Morgan fingerprint density at radius 3 is 1.71 bits per heavy atom. The molecule has 3 amide bonds. The van der Waals surface area contributed by atoms with Gasteiger partial charge >= 0.3 is 11.9 Å². The van der Waals surface area contributed by atoms with Crippen molar-refractivity contribution in [3.8, 4) is 11.6 Å². The van der Waals surface area contributed by atoms with Gasteiger partial charge in [0.05, 0.1) is 62.8 Å². The van der Waals surface area contributed by atoms with E-state index in [9.17, 15) is 33.6 Å². The number of fused-ring (bicyclic) bond motifs is 3. The number of aromatic amines is 1. The number of amides is 3. The van der Waals surface area contributed by atoms with E-state index in [1.165, 1.54) is 103 Å². The summed E-state index contributed by atoms with van der Waals surface area (Å²) in [6.45, 7) is 31.1. The van der Waals surface area contributed by atoms with Crippen LogP contribution in [0.3, 0.4) is 0 Å². The number of rotatable bonds is 30. The third-order valence-electron chi connectivity index (χ3n) is 17.5. The van der Waals surface area contributed by atoms with E-state index < -0.39 is 52.8 Å². The van der Waals surface area contributed by atoms with Gasteiger partial charge in [-0.25, -0.2) is 24.2 Å². The lowest BCUT2D eigenvalue weighted by atomic mass is 9.86. The van der Waals surface area contributed by atoms with Crippen LogP contribution in [0.25, 0.3) is 33.2 Å². The number of nitrogens with one attached hydrogen (secondary N) is 4. The van der Waals surface area contributed by atoms with Crippen LogP contribution >= 0.6 is 34.8 Å². The normalized spacial score (nSPS) is 12.1. The number of aryl methyl sites for hydroxylation is 5. The number of anilines is 3. The fourth-order valence-electron chi connectivity index (χ4n) is 11.3. The highest BCUT2D eigenvalue weighted by Crippen LogP contribution is 2.34. The van der Waals surface area contributed by atoms with E-state index in [0.29, 0.717) is 85.9 Å². The molecule has 6 aromatic carbocycles. The summed E-state index contributed by atoms with van der Waals surface area (Å²) in [6, 6.07) is 30.2. The summed E-state index contributed by atoms with van der Waals surface area (Å²) in [7, 11) is 0. The van der Waals surface area contributed by atoms with Gasteiger partial charge in [0.1, 0.15) is 35.2 Å². The first-order chi connectivity index (χ1) is 52.7. The molecule has 4 heterocycles. The number of H-pyrrole nitrogens is 1. The number of esters is 2. The summed E-state index contributed by atoms with van der Waals surface area (Å²) in [4.78, 5) is 103. The van der Waals surface area contributed by atoms with Crippen LogP contribution in [0.15, 0.2) is 122 Å². The van der Waals surface area contributed by atoms with Crippen LogP contribution in [0.1, 0.15) is 203 Å². The van der Waals surface area contributed by atoms with Crippen molar-refractivity contribution in [1.82, 2.24) is 49.9 Å². The molecule has 4 N–H and O–H groups in total. The number of unbranched alkanes of at least 4 members (excludes halogenated alkanes) is 9. The third kappa shape index (κ3) is 26.2. The maximum atomic E-state index is 13.5. The molecule has 24 nitrogen and oxygen atoms in total. The molecular weight excluding hydrogens is 1470 g/mol. The minimum Gasteiger partial charge on any atom is -0.489 e. The lowest BCUT2D eigenvalue weighted by Gasteiger charge is -2.25. The predicted molar refractivity (Wildman–Crippen MR) is 437 cm³/mol. The number of aromatic nitrogens is 10. The zero-order valence-corrected chi connectivity index (χ0v) is 68.7. The van der Waals surface area contributed by atoms with Crippen molar-refractivity contribution in [2.24, 2.45) is 16.7 Å². The van der Waals surface area contributed by atoms with Crippen LogP contribution in [-0.2, 0) is 44.8 Å². The highest BCUT2D eigenvalue weighted by Gasteiger charge is 2.40. The number of carbonyl (C=O) groups excluding carboxylic acids is 7. The van der Waals surface area contributed by atoms with E-state index >= 15 is 0 Å². The second kappa shape index (κ2) is 41.7. The van der Waals surface area contributed by atoms with E-state index in [4.69, 9.17) is 53.8 Å². The number of nitrogens with zero attached hydrogens (tertiary/aromatic N) is 9. The molecule has 3 unspecified atom stereocenters. The zero-order valence-electron chi connectivity index (χ0n) is 66.4. The first-order valence-corrected chi connectivity index (χ1v) is 38.6. The van der Waals surface area contributed by atoms with Crippen molar-refractivity contribution in [3.63, 3.8) is 0 Å². The first-order valence-electron chi connectivity index (χ1n) is 37.5. The summed E-state index contributed by atoms with van der Waals surface area (Å²) in [6.07, 6.45) is 14.1. The van der Waals surface area contributed by atoms with E-state index in [1.807, 2.05) is 109 Å². The number of hydrogen-bond acceptors (Lipinski definition) is 18. The molecule has 0 aliphatic rings. The number of halogens is 3. The predicted octanol–water partition coefficient (Wildman–Crippen LogP) is 19.0. The molecule has 4 aromatic heterocycles. The van der Waals surface area contributed by atoms with Gasteiger partial charge in [-0.2, -0.15) is 20.4 Å². The molecule has 0 saturated carbocycles. The van der Waals surface area contributed by atoms with Gasteiger partial charge in [-0.3, -0.25) is 28.5 Å². The molecule has 0 bridgehead atoms. The van der Waals surface area contributed by atoms with Crippen LogP contribution in [0.2, 0.25) is 15.1 Å². The standard InChI is InChI=1S/C29H31ClN4O3.C25H38ClNO5.C23H28ClN5O3.C7H7N3/c1-17-8-12-25(19(3)13-17)37-16-20-9-11-24-23(15-20)32-33-34(24)26(27(35)29(4,5)6)28(36)31-22-14-18(2)7-10-21(22)30;1-4-6-7-8-9-10-11-12-13-14-17-31-24(29)19(3)32-25(30)20-15-16-21(26)22(18-20)27-23(28)5-2;1-13(2)10-32-22-17-20(25-11-26-22)29(12-27-17)18(19(30)23(4,5)6)21(31)28-16-9-14(3)7-8-15(16)24;1-5-2-3-6-7(4-5)9-10-8-6/h7-15,26H,16H2,1-6H3,(H,31,36);15-16,18-19H,4-14,17H2,1-3H3,(H,27,28);7-9,11-13,18H,10H2,1-6H3,(H,28,31);2-4H,1H3,(H,8,9,10). The molecule has 0 aliphatic carbocycles. The van der Waals surface area contributed by atoms with Gasteiger partial charge in [0, 0.05) is 17.3 Å². The smallest absolute Gasteiger partial charge is 0.347 e. The quantitative estimate of drug-likeness (QED) is 0.0185. The van der Waals surface area contributed by atoms with E-state index in [1.54, 1.807) is 72.7 Å². The summed E-state index contributed by atoms with van der Waals surface area (Å²) in [5.74, 6) is -1.68. The molecule has 10 aromatic rings. The number of hydrogen-bond donors (Lipinski definition) is 4. The monoisotopic (exact) mass is 1580 g/mol. The number of ether oxygens (including phenoxy) is 4. The van der Waals surface area contributed by atoms with Crippen LogP contribution < -0.4 is 25.4 Å². The van der Waals surface area contributed by atoms with Crippen molar-refractivity contribution >= 4 is 126 Å². The number of Topliss-reactive ketones (excluding diaryl/α,β-unsaturated/α-hetero) is 2. The Balaban J connectivity index is 0.000000217. The number of carbonyl (C=O) groups is 7. The fraction of sp³-hybridized carbons (Fsp3) is 0.429. The van der Waals surface area contributed by atoms with E-state index in [-0.39, 0.29) is 29.5 Å². The summed E-state index contributed by atoms with van der Waals surface area (Å²) in [5, 5.41) is 28.2. The second-order valence-corrected chi connectivity index (χ2v) is 31.1. The van der Waals surface area contributed by atoms with E-state index in [0.717, 1.165) is 58.3 Å². The SMILES string of the molecule is CCCCCCCCCCCCOC(=O)C(C)OC(=O)c1ccc(Cl)c(NC(=O)CC)c1.Cc1ccc(Cl)c(NC(=O)C(C(=O)C(C)(C)C)n2cnc3c(OCC(C)C)ncnc32)c1.Cc1ccc(OCc2ccc3c(c2)nnn3C(C(=O)Nc2cc(C)ccc2Cl)C(=O)C(C)(C)C)c(C)c1.Cc1ccc2n[nH]nc2c1. The molecule has 111 heavy (non-hydrogen) atoms. The molecule has 27 heteroatoms. The minimum atomic E-state index is -1.22. The van der Waals surface area contributed by atoms with Crippen LogP contribution in [0.5, 0.6) is 11.6 Å². The van der Waals surface area contributed by atoms with Gasteiger partial charge in [0.15, 0.2) is 40.9 Å². The van der Waals surface area contributed by atoms with Gasteiger partial charge < -0.3 is 34.9 Å². The van der Waals surface area contributed by atoms with Gasteiger partial charge in [-0.15, -0.1) is 5.10 Å². The zero-order chi connectivity index (χ0) is 81.3. The van der Waals surface area contributed by atoms with Gasteiger partial charge in [0.25, 0.3) is 11.8 Å². The largest absolute Gasteiger partial charge is 0.489 e. The summed E-state index contributed by atoms with van der Waals surface area (Å²) < 4.78 is 25.0. The van der Waals surface area contributed by atoms with Crippen molar-refractivity contribution in [3.05, 3.63) is 176 Å². The lowest BCUT2D eigenvalue weighted by Crippen LogP contribution is -2.39. The number of benzene rings is 6. The fourth-order valence-corrected chi connectivity index (χ4v) is 11.8. The van der Waals surface area contributed by atoms with Crippen molar-refractivity contribution in [2.45, 2.75) is 206 Å². The Morgan fingerprint density at radius 1 is 0.559 bits per heavy atom. The summed E-state index contributed by atoms with van der Waals surface area (Å²) >= 11 is 18.6. The van der Waals surface area contributed by atoms with Crippen molar-refractivity contribution in [1.29, 1.82) is 0 Å². The second-order valence-electron chi connectivity index (χ2n) is 29.9. The topological polar surface area (TPSA) is 308 Å². The third-order valence-corrected chi connectivity index (χ3v) is 18.5. The highest BCUT2D eigenvalue weighted by molar-refractivity contribution is 6.35. The molecule has 0 fully saturated rings. The average molecular weight is 1580 g/mol.